The number of carbonyl (C=O) groups is 1. The molecule has 1 aromatic heterocycles. The van der Waals surface area contributed by atoms with Gasteiger partial charge in [-0.05, 0) is 30.7 Å². The van der Waals surface area contributed by atoms with E-state index in [9.17, 15) is 9.90 Å². The molecule has 0 bridgehead atoms. The van der Waals surface area contributed by atoms with Crippen molar-refractivity contribution in [2.75, 3.05) is 0 Å². The van der Waals surface area contributed by atoms with Crippen LogP contribution in [0.15, 0.2) is 16.7 Å². The minimum atomic E-state index is -1.12. The molecule has 0 amide bonds. The zero-order chi connectivity index (χ0) is 12.0. The molecule has 1 heterocycles. The fourth-order valence-electron chi connectivity index (χ4n) is 2.55. The standard InChI is InChI=1S/C12H16O4/c1-11(2)4-5-12(15,7-11)9-8(10(13)14)3-6-16-9/h3,6,15H,4-5,7H2,1-2H3,(H,13,14). The number of hydrogen-bond donors (Lipinski definition) is 2. The molecule has 1 atom stereocenters. The molecule has 0 radical (unpaired) electrons. The van der Waals surface area contributed by atoms with Gasteiger partial charge in [0.05, 0.1) is 6.26 Å². The Balaban J connectivity index is 2.38. The maximum absolute atomic E-state index is 11.0. The topological polar surface area (TPSA) is 70.7 Å². The lowest BCUT2D eigenvalue weighted by molar-refractivity contribution is 0.0103. The number of rotatable bonds is 2. The first-order chi connectivity index (χ1) is 7.34. The molecule has 0 aliphatic heterocycles. The van der Waals surface area contributed by atoms with Gasteiger partial charge in [0, 0.05) is 0 Å². The van der Waals surface area contributed by atoms with Gasteiger partial charge < -0.3 is 14.6 Å². The minimum absolute atomic E-state index is 0.0251. The Morgan fingerprint density at radius 1 is 1.44 bits per heavy atom. The molecule has 88 valence electrons. The molecule has 4 nitrogen and oxygen atoms in total. The van der Waals surface area contributed by atoms with Gasteiger partial charge in [0.25, 0.3) is 0 Å². The van der Waals surface area contributed by atoms with Crippen LogP contribution in [0.2, 0.25) is 0 Å². The van der Waals surface area contributed by atoms with E-state index in [1.165, 1.54) is 12.3 Å². The van der Waals surface area contributed by atoms with Gasteiger partial charge in [0.2, 0.25) is 0 Å². The minimum Gasteiger partial charge on any atom is -0.478 e. The fourth-order valence-corrected chi connectivity index (χ4v) is 2.55. The van der Waals surface area contributed by atoms with Gasteiger partial charge in [-0.1, -0.05) is 13.8 Å². The predicted octanol–water partition coefficient (Wildman–Crippen LogP) is 2.38. The highest BCUT2D eigenvalue weighted by Crippen LogP contribution is 2.49. The van der Waals surface area contributed by atoms with Crippen molar-refractivity contribution in [3.63, 3.8) is 0 Å². The number of carboxylic acids is 1. The van der Waals surface area contributed by atoms with E-state index >= 15 is 0 Å². The van der Waals surface area contributed by atoms with E-state index < -0.39 is 11.6 Å². The highest BCUT2D eigenvalue weighted by atomic mass is 16.4. The van der Waals surface area contributed by atoms with E-state index in [1.54, 1.807) is 0 Å². The molecule has 1 aliphatic carbocycles. The Kier molecular flexibility index (Phi) is 2.35. The normalized spacial score (nSPS) is 28.2. The average Bonchev–Trinajstić information content (AvgIpc) is 2.71. The van der Waals surface area contributed by atoms with Crippen LogP contribution in [0.5, 0.6) is 0 Å². The summed E-state index contributed by atoms with van der Waals surface area (Å²) in [4.78, 5) is 11.0. The Hall–Kier alpha value is -1.29. The maximum atomic E-state index is 11.0. The van der Waals surface area contributed by atoms with E-state index in [1.807, 2.05) is 0 Å². The second-order valence-corrected chi connectivity index (χ2v) is 5.34. The molecule has 1 unspecified atom stereocenters. The number of hydrogen-bond acceptors (Lipinski definition) is 3. The van der Waals surface area contributed by atoms with E-state index in [0.717, 1.165) is 6.42 Å². The quantitative estimate of drug-likeness (QED) is 0.809. The van der Waals surface area contributed by atoms with Crippen molar-refractivity contribution in [2.24, 2.45) is 5.41 Å². The first-order valence-corrected chi connectivity index (χ1v) is 5.38. The van der Waals surface area contributed by atoms with Crippen LogP contribution in [0, 0.1) is 5.41 Å². The Labute approximate surface area is 93.9 Å². The van der Waals surface area contributed by atoms with Gasteiger partial charge in [-0.3, -0.25) is 0 Å². The zero-order valence-corrected chi connectivity index (χ0v) is 9.49. The molecular weight excluding hydrogens is 208 g/mol. The highest BCUT2D eigenvalue weighted by Gasteiger charge is 2.46. The van der Waals surface area contributed by atoms with Crippen LogP contribution >= 0.6 is 0 Å². The van der Waals surface area contributed by atoms with E-state index in [4.69, 9.17) is 9.52 Å². The van der Waals surface area contributed by atoms with Crippen molar-refractivity contribution in [2.45, 2.75) is 38.7 Å². The van der Waals surface area contributed by atoms with E-state index in [2.05, 4.69) is 13.8 Å². The lowest BCUT2D eigenvalue weighted by Crippen LogP contribution is -2.25. The molecule has 1 aliphatic rings. The summed E-state index contributed by atoms with van der Waals surface area (Å²) < 4.78 is 5.18. The summed E-state index contributed by atoms with van der Waals surface area (Å²) in [6.07, 6.45) is 3.27. The molecule has 1 saturated carbocycles. The molecule has 1 fully saturated rings. The SMILES string of the molecule is CC1(C)CCC(O)(c2occc2C(=O)O)C1. The molecule has 4 heteroatoms. The second kappa shape index (κ2) is 3.35. The fraction of sp³-hybridized carbons (Fsp3) is 0.583. The van der Waals surface area contributed by atoms with Crippen LogP contribution in [-0.2, 0) is 5.60 Å². The number of carboxylic acid groups (broad SMARTS) is 1. The monoisotopic (exact) mass is 224 g/mol. The van der Waals surface area contributed by atoms with Crippen LogP contribution in [0.4, 0.5) is 0 Å². The summed E-state index contributed by atoms with van der Waals surface area (Å²) in [6, 6.07) is 1.39. The molecule has 16 heavy (non-hydrogen) atoms. The summed E-state index contributed by atoms with van der Waals surface area (Å²) in [5.74, 6) is -0.854. The molecular formula is C12H16O4. The van der Waals surface area contributed by atoms with Crippen molar-refractivity contribution in [3.05, 3.63) is 23.7 Å². The Morgan fingerprint density at radius 3 is 2.62 bits per heavy atom. The number of furan rings is 1. The van der Waals surface area contributed by atoms with Gasteiger partial charge in [0.15, 0.2) is 0 Å². The molecule has 2 N–H and O–H groups in total. The van der Waals surface area contributed by atoms with Crippen molar-refractivity contribution in [3.8, 4) is 0 Å². The van der Waals surface area contributed by atoms with E-state index in [-0.39, 0.29) is 16.7 Å². The third-order valence-corrected chi connectivity index (χ3v) is 3.30. The third kappa shape index (κ3) is 1.73. The average molecular weight is 224 g/mol. The third-order valence-electron chi connectivity index (χ3n) is 3.30. The Morgan fingerprint density at radius 2 is 2.12 bits per heavy atom. The summed E-state index contributed by atoms with van der Waals surface area (Å²) in [5.41, 5.74) is -1.03. The van der Waals surface area contributed by atoms with Crippen LogP contribution in [-0.4, -0.2) is 16.2 Å². The first-order valence-electron chi connectivity index (χ1n) is 5.38. The molecule has 0 aromatic carbocycles. The zero-order valence-electron chi connectivity index (χ0n) is 9.49. The van der Waals surface area contributed by atoms with E-state index in [0.29, 0.717) is 12.8 Å². The highest BCUT2D eigenvalue weighted by molar-refractivity contribution is 5.89. The van der Waals surface area contributed by atoms with Gasteiger partial charge in [-0.2, -0.15) is 0 Å². The van der Waals surface area contributed by atoms with Gasteiger partial charge >= 0.3 is 5.97 Å². The van der Waals surface area contributed by atoms with Crippen molar-refractivity contribution in [1.82, 2.24) is 0 Å². The van der Waals surface area contributed by atoms with Crippen LogP contribution in [0.1, 0.15) is 49.2 Å². The Bertz CT molecular complexity index is 418. The molecule has 1 aromatic rings. The lowest BCUT2D eigenvalue weighted by Gasteiger charge is -2.23. The van der Waals surface area contributed by atoms with Crippen LogP contribution in [0.25, 0.3) is 0 Å². The molecule has 2 rings (SSSR count). The maximum Gasteiger partial charge on any atom is 0.339 e. The van der Waals surface area contributed by atoms with Crippen LogP contribution in [0.3, 0.4) is 0 Å². The predicted molar refractivity (Wildman–Crippen MR) is 57.2 cm³/mol. The number of aromatic carboxylic acids is 1. The summed E-state index contributed by atoms with van der Waals surface area (Å²) in [7, 11) is 0. The molecule has 0 saturated heterocycles. The van der Waals surface area contributed by atoms with Gasteiger partial charge in [-0.15, -0.1) is 0 Å². The van der Waals surface area contributed by atoms with Gasteiger partial charge in [-0.25, -0.2) is 4.79 Å². The largest absolute Gasteiger partial charge is 0.478 e. The van der Waals surface area contributed by atoms with Crippen molar-refractivity contribution < 1.29 is 19.4 Å². The first kappa shape index (κ1) is 11.2. The van der Waals surface area contributed by atoms with Crippen molar-refractivity contribution >= 4 is 5.97 Å². The van der Waals surface area contributed by atoms with Crippen LogP contribution < -0.4 is 0 Å². The summed E-state index contributed by atoms with van der Waals surface area (Å²) in [5, 5.41) is 19.4. The smallest absolute Gasteiger partial charge is 0.339 e. The van der Waals surface area contributed by atoms with Crippen molar-refractivity contribution in [1.29, 1.82) is 0 Å². The second-order valence-electron chi connectivity index (χ2n) is 5.34. The van der Waals surface area contributed by atoms with Gasteiger partial charge in [0.1, 0.15) is 16.9 Å². The lowest BCUT2D eigenvalue weighted by atomic mass is 9.87. The summed E-state index contributed by atoms with van der Waals surface area (Å²) >= 11 is 0. The number of aliphatic hydroxyl groups is 1. The molecule has 0 spiro atoms. The summed E-state index contributed by atoms with van der Waals surface area (Å²) in [6.45, 7) is 4.13.